The Morgan fingerprint density at radius 1 is 1.24 bits per heavy atom. The molecule has 6 nitrogen and oxygen atoms in total. The molecule has 0 unspecified atom stereocenters. The average molecular weight is 315 g/mol. The van der Waals surface area contributed by atoms with Gasteiger partial charge in [0.2, 0.25) is 10.0 Å². The van der Waals surface area contributed by atoms with Crippen LogP contribution in [-0.4, -0.2) is 27.2 Å². The van der Waals surface area contributed by atoms with E-state index in [1.54, 1.807) is 26.0 Å². The molecule has 0 aliphatic rings. The van der Waals surface area contributed by atoms with E-state index >= 15 is 0 Å². The number of nitrogens with one attached hydrogen (secondary N) is 2. The predicted molar refractivity (Wildman–Crippen MR) is 84.6 cm³/mol. The van der Waals surface area contributed by atoms with Gasteiger partial charge in [-0.2, -0.15) is 0 Å². The quantitative estimate of drug-likeness (QED) is 0.526. The maximum atomic E-state index is 12.5. The normalized spacial score (nSPS) is 12.5. The van der Waals surface area contributed by atoms with Crippen LogP contribution in [0.3, 0.4) is 0 Å². The largest absolute Gasteiger partial charge is 0.375 e. The van der Waals surface area contributed by atoms with Crippen molar-refractivity contribution in [2.24, 2.45) is 5.84 Å². The molecule has 1 aromatic rings. The zero-order valence-corrected chi connectivity index (χ0v) is 14.1. The van der Waals surface area contributed by atoms with Gasteiger partial charge in [0.1, 0.15) is 0 Å². The molecule has 120 valence electrons. The second-order valence-electron chi connectivity index (χ2n) is 5.60. The Labute approximate surface area is 127 Å². The third-order valence-corrected chi connectivity index (χ3v) is 4.82. The minimum Gasteiger partial charge on any atom is -0.375 e. The highest BCUT2D eigenvalue weighted by molar-refractivity contribution is 7.89. The molecule has 0 fully saturated rings. The number of sulfonamides is 1. The smallest absolute Gasteiger partial charge is 0.241 e. The van der Waals surface area contributed by atoms with Gasteiger partial charge in [0, 0.05) is 18.8 Å². The minimum atomic E-state index is -3.60. The fourth-order valence-corrected chi connectivity index (χ4v) is 3.89. The predicted octanol–water partition coefficient (Wildman–Crippen LogP) is 1.68. The molecule has 0 radical (unpaired) electrons. The third-order valence-electron chi connectivity index (χ3n) is 3.12. The van der Waals surface area contributed by atoms with Gasteiger partial charge in [-0.05, 0) is 57.9 Å². The summed E-state index contributed by atoms with van der Waals surface area (Å²) in [7, 11) is -3.60. The summed E-state index contributed by atoms with van der Waals surface area (Å²) in [5, 5.41) is 0. The van der Waals surface area contributed by atoms with Crippen LogP contribution in [0, 0.1) is 13.8 Å². The fourth-order valence-electron chi connectivity index (χ4n) is 2.24. The first-order chi connectivity index (χ1) is 9.63. The van der Waals surface area contributed by atoms with E-state index in [1.807, 2.05) is 20.8 Å². The van der Waals surface area contributed by atoms with Crippen molar-refractivity contribution in [3.8, 4) is 0 Å². The summed E-state index contributed by atoms with van der Waals surface area (Å²) in [6.07, 6.45) is 0. The lowest BCUT2D eigenvalue weighted by molar-refractivity contribution is -0.00515. The van der Waals surface area contributed by atoms with Crippen LogP contribution in [0.2, 0.25) is 0 Å². The molecule has 1 aromatic carbocycles. The molecule has 0 saturated heterocycles. The lowest BCUT2D eigenvalue weighted by Gasteiger charge is -2.25. The van der Waals surface area contributed by atoms with Crippen molar-refractivity contribution >= 4 is 15.7 Å². The van der Waals surface area contributed by atoms with Gasteiger partial charge in [-0.15, -0.1) is 0 Å². The maximum Gasteiger partial charge on any atom is 0.241 e. The Morgan fingerprint density at radius 3 is 2.19 bits per heavy atom. The summed E-state index contributed by atoms with van der Waals surface area (Å²) in [5.74, 6) is 5.36. The standard InChI is InChI=1S/C14H25N3O3S/c1-6-20-14(4,5)9-16-21(18,19)13-10(2)7-12(17-15)8-11(13)3/h7-8,16-17H,6,9,15H2,1-5H3. The van der Waals surface area contributed by atoms with Crippen molar-refractivity contribution in [2.75, 3.05) is 18.6 Å². The summed E-state index contributed by atoms with van der Waals surface area (Å²) < 4.78 is 33.1. The molecule has 4 N–H and O–H groups in total. The number of hydrogen-bond donors (Lipinski definition) is 3. The van der Waals surface area contributed by atoms with Gasteiger partial charge in [-0.1, -0.05) is 0 Å². The highest BCUT2D eigenvalue weighted by Gasteiger charge is 2.25. The van der Waals surface area contributed by atoms with Gasteiger partial charge in [-0.25, -0.2) is 13.1 Å². The van der Waals surface area contributed by atoms with E-state index in [0.29, 0.717) is 23.4 Å². The molecule has 0 aliphatic heterocycles. The van der Waals surface area contributed by atoms with Crippen molar-refractivity contribution in [3.05, 3.63) is 23.3 Å². The van der Waals surface area contributed by atoms with Crippen molar-refractivity contribution in [1.82, 2.24) is 4.72 Å². The Bertz CT molecular complexity index is 574. The summed E-state index contributed by atoms with van der Waals surface area (Å²) in [4.78, 5) is 0.286. The molecule has 7 heteroatoms. The first-order valence-electron chi connectivity index (χ1n) is 6.84. The number of hydrazine groups is 1. The molecule has 1 rings (SSSR count). The summed E-state index contributed by atoms with van der Waals surface area (Å²) >= 11 is 0. The second kappa shape index (κ2) is 6.74. The highest BCUT2D eigenvalue weighted by Crippen LogP contribution is 2.24. The van der Waals surface area contributed by atoms with E-state index < -0.39 is 15.6 Å². The molecule has 0 aliphatic carbocycles. The van der Waals surface area contributed by atoms with E-state index in [1.165, 1.54) is 0 Å². The monoisotopic (exact) mass is 315 g/mol. The van der Waals surface area contributed by atoms with Crippen LogP contribution in [0.1, 0.15) is 31.9 Å². The number of nitrogen functional groups attached to an aromatic ring is 1. The Morgan fingerprint density at radius 2 is 1.76 bits per heavy atom. The SMILES string of the molecule is CCOC(C)(C)CNS(=O)(=O)c1c(C)cc(NN)cc1C. The van der Waals surface area contributed by atoms with Crippen LogP contribution >= 0.6 is 0 Å². The number of anilines is 1. The van der Waals surface area contributed by atoms with Crippen molar-refractivity contribution in [3.63, 3.8) is 0 Å². The van der Waals surface area contributed by atoms with Crippen LogP contribution in [-0.2, 0) is 14.8 Å². The molecular weight excluding hydrogens is 290 g/mol. The number of rotatable bonds is 7. The molecule has 21 heavy (non-hydrogen) atoms. The van der Waals surface area contributed by atoms with E-state index in [0.717, 1.165) is 0 Å². The Kier molecular flexibility index (Phi) is 5.75. The van der Waals surface area contributed by atoms with Gasteiger partial charge >= 0.3 is 0 Å². The number of nitrogens with two attached hydrogens (primary N) is 1. The zero-order chi connectivity index (χ0) is 16.3. The van der Waals surface area contributed by atoms with Gasteiger partial charge in [0.25, 0.3) is 0 Å². The summed E-state index contributed by atoms with van der Waals surface area (Å²) in [6.45, 7) is 9.80. The molecule has 0 aromatic heterocycles. The Hall–Kier alpha value is -1.15. The Balaban J connectivity index is 3.04. The van der Waals surface area contributed by atoms with Crippen LogP contribution < -0.4 is 16.0 Å². The van der Waals surface area contributed by atoms with Crippen LogP contribution in [0.5, 0.6) is 0 Å². The third kappa shape index (κ3) is 4.67. The summed E-state index contributed by atoms with van der Waals surface area (Å²) in [5.41, 5.74) is 3.94. The molecule has 0 amide bonds. The number of ether oxygens (including phenoxy) is 1. The van der Waals surface area contributed by atoms with Gasteiger partial charge in [0.05, 0.1) is 10.5 Å². The molecule has 0 heterocycles. The molecular formula is C14H25N3O3S. The van der Waals surface area contributed by atoms with E-state index in [9.17, 15) is 8.42 Å². The lowest BCUT2D eigenvalue weighted by Crippen LogP contribution is -2.40. The van der Waals surface area contributed by atoms with Crippen molar-refractivity contribution in [2.45, 2.75) is 45.1 Å². The van der Waals surface area contributed by atoms with Crippen molar-refractivity contribution < 1.29 is 13.2 Å². The zero-order valence-electron chi connectivity index (χ0n) is 13.3. The van der Waals surface area contributed by atoms with E-state index in [-0.39, 0.29) is 11.4 Å². The molecule has 0 atom stereocenters. The van der Waals surface area contributed by atoms with Gasteiger partial charge in [0.15, 0.2) is 0 Å². The van der Waals surface area contributed by atoms with Crippen LogP contribution in [0.25, 0.3) is 0 Å². The number of benzene rings is 1. The number of hydrogen-bond acceptors (Lipinski definition) is 5. The minimum absolute atomic E-state index is 0.207. The van der Waals surface area contributed by atoms with Gasteiger partial charge in [-0.3, -0.25) is 5.84 Å². The topological polar surface area (TPSA) is 93.4 Å². The second-order valence-corrected chi connectivity index (χ2v) is 7.30. The fraction of sp³-hybridized carbons (Fsp3) is 0.571. The van der Waals surface area contributed by atoms with Crippen LogP contribution in [0.4, 0.5) is 5.69 Å². The first-order valence-corrected chi connectivity index (χ1v) is 8.33. The first kappa shape index (κ1) is 17.9. The highest BCUT2D eigenvalue weighted by atomic mass is 32.2. The summed E-state index contributed by atoms with van der Waals surface area (Å²) in [6, 6.07) is 3.41. The maximum absolute atomic E-state index is 12.5. The molecule has 0 bridgehead atoms. The van der Waals surface area contributed by atoms with E-state index in [4.69, 9.17) is 10.6 Å². The van der Waals surface area contributed by atoms with Crippen molar-refractivity contribution in [1.29, 1.82) is 0 Å². The lowest BCUT2D eigenvalue weighted by atomic mass is 10.1. The molecule has 0 saturated carbocycles. The van der Waals surface area contributed by atoms with Gasteiger partial charge < -0.3 is 10.2 Å². The number of aryl methyl sites for hydroxylation is 2. The van der Waals surface area contributed by atoms with Crippen LogP contribution in [0.15, 0.2) is 17.0 Å². The van der Waals surface area contributed by atoms with E-state index in [2.05, 4.69) is 10.1 Å². The average Bonchev–Trinajstić information content (AvgIpc) is 2.35. The molecule has 0 spiro atoms.